The second-order valence-electron chi connectivity index (χ2n) is 47.2. The maximum atomic E-state index is 5.12. The first-order chi connectivity index (χ1) is 56.1. The number of aromatic nitrogens is 9. The molecule has 6 aliphatic heterocycles. The fourth-order valence-corrected chi connectivity index (χ4v) is 24.7. The number of nitrogens with one attached hydrogen (secondary N) is 15. The number of nitrogens with zero attached hydrogens (tertiary/aromatic N) is 9. The highest BCUT2D eigenvalue weighted by Gasteiger charge is 2.43. The average Bonchev–Trinajstić information content (AvgIpc) is 0.827. The van der Waals surface area contributed by atoms with Crippen molar-refractivity contribution in [2.45, 2.75) is 457 Å². The molecule has 0 aromatic carbocycles. The zero-order valence-electron chi connectivity index (χ0n) is 81.2. The van der Waals surface area contributed by atoms with Crippen LogP contribution in [-0.4, -0.2) is 170 Å². The van der Waals surface area contributed by atoms with E-state index < -0.39 is 0 Å². The van der Waals surface area contributed by atoms with Gasteiger partial charge in [-0.1, -0.05) is 83.5 Å². The molecule has 3 aromatic heterocycles. The largest absolute Gasteiger partial charge is 0.354 e. The van der Waals surface area contributed by atoms with Crippen LogP contribution in [0.5, 0.6) is 0 Å². The van der Waals surface area contributed by atoms with Gasteiger partial charge < -0.3 is 79.8 Å². The molecule has 1 unspecified atom stereocenters. The molecule has 0 spiro atoms. The highest BCUT2D eigenvalue weighted by molar-refractivity contribution is 5.44. The molecule has 24 heteroatoms. The summed E-state index contributed by atoms with van der Waals surface area (Å²) in [7, 11) is 0. The predicted molar refractivity (Wildman–Crippen MR) is 510 cm³/mol. The van der Waals surface area contributed by atoms with Crippen LogP contribution in [0.2, 0.25) is 0 Å². The summed E-state index contributed by atoms with van der Waals surface area (Å²) in [4.78, 5) is 45.4. The standard InChI is InChI=1S/C96H182N24/c1-85(2)56-70(57-86(3,4)115-85)41-26-33-49-98-77-106-76(107-78(108-77)99-50-34-27-42-71-58-87(5,6)116-88(7,8)59-71)97-48-32-25-40-69(68-105-84-113-81(102-53-37-30-45-74-64-93(17,18)119-94(19,20)65-74)112-82(114-84)103-54-38-31-46-75-66-95(21,22)120-96(23,24)67-75)47-39-55-104-83-110-79(100-51-35-28-43-72-60-89(9,10)117-90(11,12)61-72)109-80(111-83)101-52-36-29-44-73-62-91(13,14)118-92(15,16)63-73/h69-75,115-120H,25-68H2,1-24H3,(H3,97,98,99,106,107,108)(H3,100,101,104,109,110,111)(H3,102,103,105,112,113,114). The van der Waals surface area contributed by atoms with Gasteiger partial charge in [-0.15, -0.1) is 0 Å². The minimum Gasteiger partial charge on any atom is -0.354 e. The van der Waals surface area contributed by atoms with E-state index in [0.717, 1.165) is 141 Å². The molecule has 6 aliphatic rings. The quantitative estimate of drug-likeness (QED) is 0.0234. The van der Waals surface area contributed by atoms with Gasteiger partial charge in [-0.3, -0.25) is 0 Å². The average molecular weight is 1670 g/mol. The van der Waals surface area contributed by atoms with E-state index in [1.165, 1.54) is 154 Å². The Morgan fingerprint density at radius 1 is 0.200 bits per heavy atom. The summed E-state index contributed by atoms with van der Waals surface area (Å²) in [6.07, 6.45) is 40.2. The summed E-state index contributed by atoms with van der Waals surface area (Å²) in [5.41, 5.74) is 1.83. The minimum atomic E-state index is 0.147. The molecule has 6 fully saturated rings. The third kappa shape index (κ3) is 37.3. The van der Waals surface area contributed by atoms with Gasteiger partial charge in [-0.25, -0.2) is 0 Å². The Hall–Kier alpha value is -5.01. The molecule has 0 aliphatic carbocycles. The second-order valence-corrected chi connectivity index (χ2v) is 47.2. The van der Waals surface area contributed by atoms with Crippen molar-refractivity contribution in [2.24, 2.45) is 41.4 Å². The van der Waals surface area contributed by atoms with Crippen LogP contribution < -0.4 is 79.8 Å². The van der Waals surface area contributed by atoms with Crippen LogP contribution >= 0.6 is 0 Å². The van der Waals surface area contributed by atoms with E-state index in [-0.39, 0.29) is 66.5 Å². The van der Waals surface area contributed by atoms with Crippen LogP contribution in [0.4, 0.5) is 53.5 Å². The van der Waals surface area contributed by atoms with E-state index in [9.17, 15) is 0 Å². The third-order valence-corrected chi connectivity index (χ3v) is 26.4. The summed E-state index contributed by atoms with van der Waals surface area (Å²) >= 11 is 0. The van der Waals surface area contributed by atoms with Crippen molar-refractivity contribution < 1.29 is 0 Å². The van der Waals surface area contributed by atoms with Gasteiger partial charge in [0.25, 0.3) is 0 Å². The van der Waals surface area contributed by atoms with Crippen molar-refractivity contribution in [1.29, 1.82) is 0 Å². The van der Waals surface area contributed by atoms with E-state index in [1.807, 2.05) is 0 Å². The van der Waals surface area contributed by atoms with Gasteiger partial charge in [0.05, 0.1) is 0 Å². The Morgan fingerprint density at radius 3 is 0.517 bits per heavy atom. The number of hydrogen-bond donors (Lipinski definition) is 15. The minimum absolute atomic E-state index is 0.147. The van der Waals surface area contributed by atoms with Crippen molar-refractivity contribution in [3.63, 3.8) is 0 Å². The van der Waals surface area contributed by atoms with Gasteiger partial charge in [-0.05, 0) is 349 Å². The predicted octanol–water partition coefficient (Wildman–Crippen LogP) is 20.3. The Balaban J connectivity index is 0.871. The number of rotatable bonds is 50. The van der Waals surface area contributed by atoms with Crippen LogP contribution in [-0.2, 0) is 0 Å². The molecular weight excluding hydrogens is 1490 g/mol. The summed E-state index contributed by atoms with van der Waals surface area (Å²) < 4.78 is 0. The third-order valence-electron chi connectivity index (χ3n) is 26.4. The zero-order valence-corrected chi connectivity index (χ0v) is 81.2. The van der Waals surface area contributed by atoms with Crippen LogP contribution in [0.25, 0.3) is 0 Å². The maximum Gasteiger partial charge on any atom is 0.229 e. The number of anilines is 9. The van der Waals surface area contributed by atoms with Gasteiger partial charge in [0, 0.05) is 125 Å². The fourth-order valence-electron chi connectivity index (χ4n) is 24.7. The summed E-state index contributed by atoms with van der Waals surface area (Å²) in [5, 5.41) is 56.4. The van der Waals surface area contributed by atoms with Crippen LogP contribution in [0.3, 0.4) is 0 Å². The molecule has 24 nitrogen and oxygen atoms in total. The number of unbranched alkanes of at least 4 members (excludes halogenated alkanes) is 7. The molecule has 120 heavy (non-hydrogen) atoms. The lowest BCUT2D eigenvalue weighted by atomic mass is 9.74. The van der Waals surface area contributed by atoms with Crippen molar-refractivity contribution in [3.05, 3.63) is 0 Å². The summed E-state index contributed by atoms with van der Waals surface area (Å²) in [5.74, 6) is 10.2. The summed E-state index contributed by atoms with van der Waals surface area (Å²) in [6, 6.07) is 0. The number of hydrogen-bond acceptors (Lipinski definition) is 24. The monoisotopic (exact) mass is 1670 g/mol. The Morgan fingerprint density at radius 2 is 0.342 bits per heavy atom. The van der Waals surface area contributed by atoms with Crippen molar-refractivity contribution >= 4 is 53.5 Å². The molecule has 686 valence electrons. The lowest BCUT2D eigenvalue weighted by Crippen LogP contribution is -2.57. The normalized spacial score (nSPS) is 22.7. The van der Waals surface area contributed by atoms with E-state index in [1.54, 1.807) is 0 Å². The SMILES string of the molecule is CC1(C)CC(CCCCNc2nc(NCCCCC(CCCNc3nc(NCCCCC4CC(C)(C)NC(C)(C)C4)nc(NCCCCC4CC(C)(C)NC(C)(C)C4)n3)CNc3nc(NCCCCC4CC(C)(C)NC(C)(C)C4)nc(NCCCCC4CC(C)(C)NC(C)(C)C4)n3)nc(NCCCCC3CC(C)(C)NC(C)(C)C3)n2)CC(C)(C)N1. The Bertz CT molecular complexity index is 3230. The van der Waals surface area contributed by atoms with Gasteiger partial charge in [0.2, 0.25) is 53.5 Å². The lowest BCUT2D eigenvalue weighted by molar-refractivity contribution is 0.121. The van der Waals surface area contributed by atoms with Gasteiger partial charge in [-0.2, -0.15) is 44.9 Å². The Kier molecular flexibility index (Phi) is 35.8. The first-order valence-electron chi connectivity index (χ1n) is 48.8. The van der Waals surface area contributed by atoms with E-state index in [0.29, 0.717) is 83.1 Å². The molecule has 15 N–H and O–H groups in total. The van der Waals surface area contributed by atoms with Crippen LogP contribution in [0, 0.1) is 41.4 Å². The molecule has 1 atom stereocenters. The molecule has 0 radical (unpaired) electrons. The molecule has 0 saturated carbocycles. The van der Waals surface area contributed by atoms with Gasteiger partial charge >= 0.3 is 0 Å². The van der Waals surface area contributed by atoms with Crippen molar-refractivity contribution in [1.82, 2.24) is 76.8 Å². The van der Waals surface area contributed by atoms with Gasteiger partial charge in [0.15, 0.2) is 0 Å². The molecule has 0 bridgehead atoms. The van der Waals surface area contributed by atoms with Crippen molar-refractivity contribution in [2.75, 3.05) is 107 Å². The molecule has 9 heterocycles. The van der Waals surface area contributed by atoms with E-state index in [4.69, 9.17) is 44.9 Å². The smallest absolute Gasteiger partial charge is 0.229 e. The Labute approximate surface area is 731 Å². The molecule has 3 aromatic rings. The maximum absolute atomic E-state index is 5.12. The van der Waals surface area contributed by atoms with E-state index in [2.05, 4.69) is 246 Å². The second kappa shape index (κ2) is 43.5. The first-order valence-corrected chi connectivity index (χ1v) is 48.8. The fraction of sp³-hybridized carbons (Fsp3) is 0.906. The van der Waals surface area contributed by atoms with Gasteiger partial charge in [0.1, 0.15) is 0 Å². The highest BCUT2D eigenvalue weighted by atomic mass is 15.3. The highest BCUT2D eigenvalue weighted by Crippen LogP contribution is 2.42. The van der Waals surface area contributed by atoms with E-state index >= 15 is 0 Å². The zero-order chi connectivity index (χ0) is 87.3. The topological polar surface area (TPSA) is 296 Å². The molecule has 9 rings (SSSR count). The summed E-state index contributed by atoms with van der Waals surface area (Å²) in [6.45, 7) is 63.8. The molecule has 6 saturated heterocycles. The van der Waals surface area contributed by atoms with Crippen molar-refractivity contribution in [3.8, 4) is 0 Å². The lowest BCUT2D eigenvalue weighted by Gasteiger charge is -2.46. The van der Waals surface area contributed by atoms with Crippen LogP contribution in [0.15, 0.2) is 0 Å². The first kappa shape index (κ1) is 98.8. The molecular formula is C96H182N24. The van der Waals surface area contributed by atoms with Crippen LogP contribution in [0.1, 0.15) is 391 Å². The number of piperidine rings is 6. The molecule has 0 amide bonds.